The maximum atomic E-state index is 13.8. The van der Waals surface area contributed by atoms with Gasteiger partial charge in [-0.3, -0.25) is 4.99 Å². The number of hydrogen-bond acceptors (Lipinski definition) is 4. The van der Waals surface area contributed by atoms with E-state index >= 15 is 0 Å². The van der Waals surface area contributed by atoms with Crippen molar-refractivity contribution >= 4 is 29.9 Å². The van der Waals surface area contributed by atoms with E-state index < -0.39 is 0 Å². The second-order valence-electron chi connectivity index (χ2n) is 7.56. The van der Waals surface area contributed by atoms with Gasteiger partial charge in [-0.25, -0.2) is 4.39 Å². The highest BCUT2D eigenvalue weighted by molar-refractivity contribution is 14.0. The Hall–Kier alpha value is -1.68. The molecule has 0 radical (unpaired) electrons. The number of rotatable bonds is 6. The molecule has 1 aliphatic rings. The van der Waals surface area contributed by atoms with Crippen molar-refractivity contribution in [2.24, 2.45) is 4.99 Å². The van der Waals surface area contributed by atoms with Crippen LogP contribution in [0, 0.1) is 5.82 Å². The summed E-state index contributed by atoms with van der Waals surface area (Å²) in [6.45, 7) is 6.63. The second-order valence-corrected chi connectivity index (χ2v) is 7.56. The Morgan fingerprint density at radius 1 is 1.24 bits per heavy atom. The van der Waals surface area contributed by atoms with Gasteiger partial charge < -0.3 is 19.9 Å². The van der Waals surface area contributed by atoms with Crippen molar-refractivity contribution in [2.75, 3.05) is 26.8 Å². The maximum Gasteiger partial charge on any atom is 0.191 e. The first kappa shape index (κ1) is 23.6. The summed E-state index contributed by atoms with van der Waals surface area (Å²) in [6, 6.07) is 8.83. The summed E-state index contributed by atoms with van der Waals surface area (Å²) >= 11 is 0. The highest BCUT2D eigenvalue weighted by Crippen LogP contribution is 2.34. The van der Waals surface area contributed by atoms with Crippen molar-refractivity contribution in [1.29, 1.82) is 0 Å². The van der Waals surface area contributed by atoms with Gasteiger partial charge in [0, 0.05) is 38.3 Å². The molecular weight excluding hydrogens is 486 g/mol. The van der Waals surface area contributed by atoms with E-state index in [-0.39, 0.29) is 35.2 Å². The first-order chi connectivity index (χ1) is 13.5. The summed E-state index contributed by atoms with van der Waals surface area (Å²) in [7, 11) is 1.73. The molecule has 6 nitrogen and oxygen atoms in total. The summed E-state index contributed by atoms with van der Waals surface area (Å²) in [4.78, 5) is 4.30. The average Bonchev–Trinajstić information content (AvgIpc) is 3.18. The smallest absolute Gasteiger partial charge is 0.191 e. The molecule has 2 heterocycles. The van der Waals surface area contributed by atoms with Gasteiger partial charge in [-0.15, -0.1) is 24.0 Å². The van der Waals surface area contributed by atoms with Crippen LogP contribution in [0.5, 0.6) is 0 Å². The molecule has 160 valence electrons. The number of guanidine groups is 1. The molecule has 8 heteroatoms. The fourth-order valence-corrected chi connectivity index (χ4v) is 3.48. The molecule has 1 saturated heterocycles. The fraction of sp³-hybridized carbons (Fsp3) is 0.524. The Morgan fingerprint density at radius 2 is 2.00 bits per heavy atom. The molecule has 2 N–H and O–H groups in total. The number of halogens is 2. The van der Waals surface area contributed by atoms with E-state index in [4.69, 9.17) is 9.26 Å². The van der Waals surface area contributed by atoms with Crippen LogP contribution in [0.15, 0.2) is 39.8 Å². The molecule has 1 aliphatic heterocycles. The lowest BCUT2D eigenvalue weighted by atomic mass is 9.74. The largest absolute Gasteiger partial charge is 0.381 e. The van der Waals surface area contributed by atoms with Gasteiger partial charge in [-0.1, -0.05) is 31.1 Å². The van der Waals surface area contributed by atoms with Gasteiger partial charge in [0.25, 0.3) is 0 Å². The molecule has 1 fully saturated rings. The number of nitrogens with one attached hydrogen (secondary N) is 2. The van der Waals surface area contributed by atoms with Gasteiger partial charge in [0.2, 0.25) is 0 Å². The maximum absolute atomic E-state index is 13.8. The van der Waals surface area contributed by atoms with Crippen LogP contribution in [0.1, 0.15) is 49.6 Å². The zero-order chi connectivity index (χ0) is 20.0. The minimum Gasteiger partial charge on any atom is -0.381 e. The van der Waals surface area contributed by atoms with E-state index in [0.29, 0.717) is 38.2 Å². The predicted octanol–water partition coefficient (Wildman–Crippen LogP) is 3.97. The molecule has 0 unspecified atom stereocenters. The first-order valence-electron chi connectivity index (χ1n) is 9.76. The molecule has 0 saturated carbocycles. The number of nitrogens with zero attached hydrogens (tertiary/aromatic N) is 2. The molecule has 0 bridgehead atoms. The first-order valence-corrected chi connectivity index (χ1v) is 9.76. The Balaban J connectivity index is 0.00000300. The van der Waals surface area contributed by atoms with Gasteiger partial charge in [0.15, 0.2) is 11.7 Å². The van der Waals surface area contributed by atoms with E-state index in [2.05, 4.69) is 34.6 Å². The Labute approximate surface area is 188 Å². The van der Waals surface area contributed by atoms with E-state index in [1.807, 2.05) is 12.1 Å². The topological polar surface area (TPSA) is 71.7 Å². The molecule has 2 aromatic rings. The van der Waals surface area contributed by atoms with Crippen LogP contribution >= 0.6 is 24.0 Å². The molecule has 0 aliphatic carbocycles. The van der Waals surface area contributed by atoms with Crippen molar-refractivity contribution in [3.8, 4) is 0 Å². The SMILES string of the molecule is CN=C(NCc1cc(C(C)C)no1)NCC1(c2cccc(F)c2)CCOCC1.I. The van der Waals surface area contributed by atoms with Crippen molar-refractivity contribution in [1.82, 2.24) is 15.8 Å². The Morgan fingerprint density at radius 3 is 2.62 bits per heavy atom. The van der Waals surface area contributed by atoms with E-state index in [1.54, 1.807) is 19.2 Å². The highest BCUT2D eigenvalue weighted by Gasteiger charge is 2.35. The van der Waals surface area contributed by atoms with Gasteiger partial charge >= 0.3 is 0 Å². The third-order valence-electron chi connectivity index (χ3n) is 5.30. The predicted molar refractivity (Wildman–Crippen MR) is 122 cm³/mol. The molecule has 0 amide bonds. The van der Waals surface area contributed by atoms with Crippen LogP contribution in [-0.2, 0) is 16.7 Å². The number of aliphatic imine (C=N–C) groups is 1. The number of hydrogen-bond donors (Lipinski definition) is 2. The van der Waals surface area contributed by atoms with Crippen LogP contribution < -0.4 is 10.6 Å². The van der Waals surface area contributed by atoms with Crippen molar-refractivity contribution in [3.05, 3.63) is 53.2 Å². The summed E-state index contributed by atoms with van der Waals surface area (Å²) in [6.07, 6.45) is 1.67. The van der Waals surface area contributed by atoms with Crippen LogP contribution in [0.4, 0.5) is 4.39 Å². The molecule has 0 atom stereocenters. The van der Waals surface area contributed by atoms with Crippen LogP contribution in [0.25, 0.3) is 0 Å². The summed E-state index contributed by atoms with van der Waals surface area (Å²) in [5, 5.41) is 10.7. The monoisotopic (exact) mass is 516 g/mol. The van der Waals surface area contributed by atoms with Crippen LogP contribution in [0.2, 0.25) is 0 Å². The van der Waals surface area contributed by atoms with Crippen molar-refractivity contribution in [3.63, 3.8) is 0 Å². The molecule has 29 heavy (non-hydrogen) atoms. The van der Waals surface area contributed by atoms with E-state index in [1.165, 1.54) is 6.07 Å². The molecule has 0 spiro atoms. The van der Waals surface area contributed by atoms with Gasteiger partial charge in [-0.2, -0.15) is 0 Å². The molecule has 1 aromatic carbocycles. The van der Waals surface area contributed by atoms with Crippen LogP contribution in [-0.4, -0.2) is 37.9 Å². The summed E-state index contributed by atoms with van der Waals surface area (Å²) in [5.41, 5.74) is 1.75. The lowest BCUT2D eigenvalue weighted by molar-refractivity contribution is 0.0513. The van der Waals surface area contributed by atoms with Crippen LogP contribution in [0.3, 0.4) is 0 Å². The lowest BCUT2D eigenvalue weighted by Crippen LogP contribution is -2.48. The number of ether oxygens (including phenoxy) is 1. The molecule has 3 rings (SSSR count). The standard InChI is InChI=1S/C21H29FN4O2.HI/c1-15(2)19-12-18(28-26-19)13-24-20(23-3)25-14-21(7-9-27-10-8-21)16-5-4-6-17(22)11-16;/h4-6,11-12,15H,7-10,13-14H2,1-3H3,(H2,23,24,25);1H. The second kappa shape index (κ2) is 10.9. The Bertz CT molecular complexity index is 803. The quantitative estimate of drug-likeness (QED) is 0.346. The average molecular weight is 516 g/mol. The van der Waals surface area contributed by atoms with Gasteiger partial charge in [0.05, 0.1) is 12.2 Å². The number of benzene rings is 1. The minimum absolute atomic E-state index is 0. The van der Waals surface area contributed by atoms with E-state index in [0.717, 1.165) is 29.9 Å². The minimum atomic E-state index is -0.211. The highest BCUT2D eigenvalue weighted by atomic mass is 127. The third-order valence-corrected chi connectivity index (χ3v) is 5.30. The van der Waals surface area contributed by atoms with Gasteiger partial charge in [0.1, 0.15) is 5.82 Å². The zero-order valence-corrected chi connectivity index (χ0v) is 19.5. The van der Waals surface area contributed by atoms with Gasteiger partial charge in [-0.05, 0) is 36.5 Å². The van der Waals surface area contributed by atoms with Crippen molar-refractivity contribution < 1.29 is 13.7 Å². The lowest BCUT2D eigenvalue weighted by Gasteiger charge is -2.38. The normalized spacial score (nSPS) is 16.4. The summed E-state index contributed by atoms with van der Waals surface area (Å²) < 4.78 is 24.7. The zero-order valence-electron chi connectivity index (χ0n) is 17.2. The van der Waals surface area contributed by atoms with E-state index in [9.17, 15) is 4.39 Å². The Kier molecular flexibility index (Phi) is 8.88. The summed E-state index contributed by atoms with van der Waals surface area (Å²) in [5.74, 6) is 1.55. The number of aromatic nitrogens is 1. The fourth-order valence-electron chi connectivity index (χ4n) is 3.48. The molecular formula is C21H30FIN4O2. The van der Waals surface area contributed by atoms with Crippen molar-refractivity contribution in [2.45, 2.75) is 44.6 Å². The molecule has 1 aromatic heterocycles. The third kappa shape index (κ3) is 6.15.